The summed E-state index contributed by atoms with van der Waals surface area (Å²) >= 11 is 7.34. The third-order valence-corrected chi connectivity index (χ3v) is 5.96. The predicted molar refractivity (Wildman–Crippen MR) is 122 cm³/mol. The Bertz CT molecular complexity index is 1460. The molecule has 2 aromatic carbocycles. The van der Waals surface area contributed by atoms with Gasteiger partial charge in [0.2, 0.25) is 5.89 Å². The fraction of sp³-hybridized carbons (Fsp3) is 0.130. The molecule has 160 valence electrons. The van der Waals surface area contributed by atoms with Gasteiger partial charge in [0.1, 0.15) is 5.01 Å². The molecular weight excluding hydrogens is 450 g/mol. The summed E-state index contributed by atoms with van der Waals surface area (Å²) in [4.78, 5) is 21.6. The number of halogens is 1. The number of rotatable bonds is 6. The highest BCUT2D eigenvalue weighted by atomic mass is 35.5. The van der Waals surface area contributed by atoms with Crippen molar-refractivity contribution in [3.63, 3.8) is 0 Å². The molecule has 5 rings (SSSR count). The van der Waals surface area contributed by atoms with E-state index in [0.717, 1.165) is 16.0 Å². The summed E-state index contributed by atoms with van der Waals surface area (Å²) in [5, 5.41) is 8.06. The summed E-state index contributed by atoms with van der Waals surface area (Å²) < 4.78 is 16.1. The van der Waals surface area contributed by atoms with Gasteiger partial charge in [-0.25, -0.2) is 9.78 Å². The zero-order chi connectivity index (χ0) is 22.1. The lowest BCUT2D eigenvalue weighted by atomic mass is 10.1. The summed E-state index contributed by atoms with van der Waals surface area (Å²) in [6.07, 6.45) is 0.927. The molecule has 0 amide bonds. The molecule has 0 aliphatic rings. The van der Waals surface area contributed by atoms with E-state index in [-0.39, 0.29) is 0 Å². The molecule has 0 saturated heterocycles. The molecule has 0 aliphatic carbocycles. The molecule has 0 atom stereocenters. The van der Waals surface area contributed by atoms with Crippen LogP contribution >= 0.6 is 22.9 Å². The number of methoxy groups -OCH3 is 1. The summed E-state index contributed by atoms with van der Waals surface area (Å²) in [5.41, 5.74) is 1.92. The van der Waals surface area contributed by atoms with Crippen LogP contribution in [0.1, 0.15) is 22.3 Å². The first-order valence-corrected chi connectivity index (χ1v) is 11.0. The van der Waals surface area contributed by atoms with Crippen molar-refractivity contribution >= 4 is 33.9 Å². The van der Waals surface area contributed by atoms with Crippen LogP contribution in [0.2, 0.25) is 5.02 Å². The molecule has 0 unspecified atom stereocenters. The van der Waals surface area contributed by atoms with Crippen LogP contribution in [-0.4, -0.2) is 22.2 Å². The van der Waals surface area contributed by atoms with Crippen molar-refractivity contribution in [2.45, 2.75) is 12.8 Å². The fourth-order valence-corrected chi connectivity index (χ4v) is 4.23. The number of para-hydroxylation sites is 1. The van der Waals surface area contributed by atoms with E-state index in [9.17, 15) is 4.79 Å². The molecule has 0 saturated carbocycles. The minimum Gasteiger partial charge on any atom is -0.493 e. The molecule has 0 N–H and O–H groups in total. The van der Waals surface area contributed by atoms with Crippen molar-refractivity contribution in [2.75, 3.05) is 7.11 Å². The molecular formula is C23H16ClN3O4S. The Morgan fingerprint density at radius 1 is 1.09 bits per heavy atom. The van der Waals surface area contributed by atoms with Gasteiger partial charge >= 0.3 is 5.63 Å². The average molecular weight is 466 g/mol. The van der Waals surface area contributed by atoms with Crippen molar-refractivity contribution < 1.29 is 13.7 Å². The second kappa shape index (κ2) is 8.57. The Hall–Kier alpha value is -3.49. The van der Waals surface area contributed by atoms with E-state index < -0.39 is 5.63 Å². The van der Waals surface area contributed by atoms with Crippen molar-refractivity contribution in [1.29, 1.82) is 0 Å². The van der Waals surface area contributed by atoms with Crippen LogP contribution in [0.5, 0.6) is 5.75 Å². The Labute approximate surface area is 191 Å². The predicted octanol–water partition coefficient (Wildman–Crippen LogP) is 5.14. The molecule has 0 fully saturated rings. The largest absolute Gasteiger partial charge is 0.493 e. The third-order valence-electron chi connectivity index (χ3n) is 4.86. The Balaban J connectivity index is 1.35. The van der Waals surface area contributed by atoms with E-state index in [2.05, 4.69) is 15.1 Å². The Morgan fingerprint density at radius 3 is 2.75 bits per heavy atom. The zero-order valence-corrected chi connectivity index (χ0v) is 18.4. The van der Waals surface area contributed by atoms with Gasteiger partial charge in [0.15, 0.2) is 17.2 Å². The number of hydrogen-bond acceptors (Lipinski definition) is 8. The molecule has 0 radical (unpaired) electrons. The lowest BCUT2D eigenvalue weighted by Crippen LogP contribution is -2.03. The maximum Gasteiger partial charge on any atom is 0.345 e. The van der Waals surface area contributed by atoms with Crippen LogP contribution in [0.15, 0.2) is 67.6 Å². The van der Waals surface area contributed by atoms with Crippen molar-refractivity contribution in [3.8, 4) is 17.0 Å². The maximum atomic E-state index is 12.6. The minimum absolute atomic E-state index is 0.380. The van der Waals surface area contributed by atoms with Gasteiger partial charge < -0.3 is 13.7 Å². The molecule has 32 heavy (non-hydrogen) atoms. The van der Waals surface area contributed by atoms with E-state index in [4.69, 9.17) is 25.3 Å². The van der Waals surface area contributed by atoms with Gasteiger partial charge in [-0.3, -0.25) is 0 Å². The number of thiazole rings is 1. The van der Waals surface area contributed by atoms with Crippen molar-refractivity contribution in [1.82, 2.24) is 15.1 Å². The molecule has 0 bridgehead atoms. The quantitative estimate of drug-likeness (QED) is 0.320. The minimum atomic E-state index is -0.470. The number of nitrogens with zero attached hydrogens (tertiary/aromatic N) is 3. The van der Waals surface area contributed by atoms with Gasteiger partial charge in [0.25, 0.3) is 0 Å². The number of fused-ring (bicyclic) bond motifs is 1. The van der Waals surface area contributed by atoms with Gasteiger partial charge in [0, 0.05) is 22.2 Å². The average Bonchev–Trinajstić information content (AvgIpc) is 3.44. The fourth-order valence-electron chi connectivity index (χ4n) is 3.32. The van der Waals surface area contributed by atoms with Crippen LogP contribution in [0.3, 0.4) is 0 Å². The first kappa shape index (κ1) is 20.4. The smallest absolute Gasteiger partial charge is 0.345 e. The molecule has 9 heteroatoms. The van der Waals surface area contributed by atoms with Gasteiger partial charge in [0.05, 0.1) is 24.8 Å². The molecule has 3 aromatic heterocycles. The summed E-state index contributed by atoms with van der Waals surface area (Å²) in [6.45, 7) is 0. The molecule has 0 aliphatic heterocycles. The van der Waals surface area contributed by atoms with Crippen LogP contribution in [-0.2, 0) is 12.8 Å². The van der Waals surface area contributed by atoms with Gasteiger partial charge in [-0.1, -0.05) is 41.0 Å². The van der Waals surface area contributed by atoms with Gasteiger partial charge in [-0.15, -0.1) is 11.3 Å². The van der Waals surface area contributed by atoms with E-state index in [1.165, 1.54) is 18.4 Å². The third kappa shape index (κ3) is 4.15. The molecule has 3 heterocycles. The number of benzene rings is 2. The molecule has 0 spiro atoms. The first-order valence-electron chi connectivity index (χ1n) is 9.70. The van der Waals surface area contributed by atoms with Crippen LogP contribution < -0.4 is 10.4 Å². The van der Waals surface area contributed by atoms with E-state index in [1.807, 2.05) is 41.8 Å². The molecule has 5 aromatic rings. The lowest BCUT2D eigenvalue weighted by molar-refractivity contribution is 0.380. The Kier molecular flexibility index (Phi) is 5.46. The van der Waals surface area contributed by atoms with E-state index in [0.29, 0.717) is 52.2 Å². The van der Waals surface area contributed by atoms with E-state index >= 15 is 0 Å². The zero-order valence-electron chi connectivity index (χ0n) is 16.9. The maximum absolute atomic E-state index is 12.6. The highest BCUT2D eigenvalue weighted by Crippen LogP contribution is 2.28. The van der Waals surface area contributed by atoms with Crippen LogP contribution in [0.25, 0.3) is 22.2 Å². The Morgan fingerprint density at radius 2 is 1.94 bits per heavy atom. The SMILES string of the molecule is COc1cccc2cc(-c3csc(Cc4nc(Cc5ccc(Cl)cc5)no4)n3)c(=O)oc12. The van der Waals surface area contributed by atoms with E-state index in [1.54, 1.807) is 12.1 Å². The second-order valence-corrected chi connectivity index (χ2v) is 8.42. The number of hydrogen-bond donors (Lipinski definition) is 0. The standard InChI is InChI=1S/C23H16ClN3O4S/c1-29-18-4-2-3-14-10-16(23(28)30-22(14)18)17-12-32-21(25-17)11-20-26-19(27-31-20)9-13-5-7-15(24)8-6-13/h2-8,10,12H,9,11H2,1H3. The lowest BCUT2D eigenvalue weighted by Gasteiger charge is -2.04. The normalized spacial score (nSPS) is 11.2. The number of aromatic nitrogens is 3. The number of ether oxygens (including phenoxy) is 1. The van der Waals surface area contributed by atoms with Crippen molar-refractivity contribution in [3.05, 3.63) is 91.6 Å². The second-order valence-electron chi connectivity index (χ2n) is 7.04. The highest BCUT2D eigenvalue weighted by molar-refractivity contribution is 7.10. The topological polar surface area (TPSA) is 91.3 Å². The summed E-state index contributed by atoms with van der Waals surface area (Å²) in [5.74, 6) is 1.56. The summed E-state index contributed by atoms with van der Waals surface area (Å²) in [7, 11) is 1.54. The van der Waals surface area contributed by atoms with Gasteiger partial charge in [-0.2, -0.15) is 4.98 Å². The monoisotopic (exact) mass is 465 g/mol. The van der Waals surface area contributed by atoms with Crippen molar-refractivity contribution in [2.24, 2.45) is 0 Å². The molecule has 7 nitrogen and oxygen atoms in total. The first-order chi connectivity index (χ1) is 15.6. The van der Waals surface area contributed by atoms with Gasteiger partial charge in [-0.05, 0) is 29.8 Å². The van der Waals surface area contributed by atoms with Crippen LogP contribution in [0.4, 0.5) is 0 Å². The highest BCUT2D eigenvalue weighted by Gasteiger charge is 2.15. The summed E-state index contributed by atoms with van der Waals surface area (Å²) in [6, 6.07) is 14.7. The van der Waals surface area contributed by atoms with Crippen LogP contribution in [0, 0.1) is 0 Å².